The number of halogens is 1. The van der Waals surface area contributed by atoms with Crippen LogP contribution in [0.5, 0.6) is 0 Å². The molecule has 0 amide bonds. The SMILES string of the molecule is CC(c1ccc(Cl)s1)N1CCC(C(=O)O)C1C. The number of carboxylic acids is 1. The molecule has 3 nitrogen and oxygen atoms in total. The van der Waals surface area contributed by atoms with E-state index in [2.05, 4.69) is 11.8 Å². The normalized spacial score (nSPS) is 27.2. The van der Waals surface area contributed by atoms with Crippen LogP contribution in [0.3, 0.4) is 0 Å². The lowest BCUT2D eigenvalue weighted by Crippen LogP contribution is -2.34. The minimum absolute atomic E-state index is 0.0865. The highest BCUT2D eigenvalue weighted by atomic mass is 35.5. The lowest BCUT2D eigenvalue weighted by molar-refractivity contribution is -0.142. The summed E-state index contributed by atoms with van der Waals surface area (Å²) in [4.78, 5) is 14.5. The van der Waals surface area contributed by atoms with E-state index in [1.54, 1.807) is 11.3 Å². The van der Waals surface area contributed by atoms with Crippen LogP contribution in [-0.2, 0) is 4.79 Å². The summed E-state index contributed by atoms with van der Waals surface area (Å²) >= 11 is 7.50. The van der Waals surface area contributed by atoms with Gasteiger partial charge in [0.15, 0.2) is 0 Å². The molecule has 17 heavy (non-hydrogen) atoms. The van der Waals surface area contributed by atoms with Crippen LogP contribution in [0, 0.1) is 5.92 Å². The van der Waals surface area contributed by atoms with Crippen molar-refractivity contribution in [2.45, 2.75) is 32.4 Å². The smallest absolute Gasteiger partial charge is 0.308 e. The number of hydrogen-bond acceptors (Lipinski definition) is 3. The molecule has 3 atom stereocenters. The van der Waals surface area contributed by atoms with Crippen molar-refractivity contribution in [3.05, 3.63) is 21.3 Å². The summed E-state index contributed by atoms with van der Waals surface area (Å²) in [7, 11) is 0. The fraction of sp³-hybridized carbons (Fsp3) is 0.583. The topological polar surface area (TPSA) is 40.5 Å². The first-order chi connectivity index (χ1) is 8.00. The standard InChI is InChI=1S/C12H16ClNO2S/c1-7-9(12(15)16)5-6-14(7)8(2)10-3-4-11(13)17-10/h3-4,7-9H,5-6H2,1-2H3,(H,15,16). The second-order valence-electron chi connectivity index (χ2n) is 4.53. The van der Waals surface area contributed by atoms with Crippen LogP contribution in [0.2, 0.25) is 4.34 Å². The van der Waals surface area contributed by atoms with Crippen molar-refractivity contribution in [1.29, 1.82) is 0 Å². The van der Waals surface area contributed by atoms with Gasteiger partial charge in [-0.1, -0.05) is 11.6 Å². The predicted octanol–water partition coefficient (Wildman–Crippen LogP) is 3.26. The van der Waals surface area contributed by atoms with Crippen molar-refractivity contribution in [2.24, 2.45) is 5.92 Å². The first-order valence-corrected chi connectivity index (χ1v) is 6.94. The fourth-order valence-electron chi connectivity index (χ4n) is 2.56. The molecule has 0 saturated carbocycles. The maximum absolute atomic E-state index is 11.1. The summed E-state index contributed by atoms with van der Waals surface area (Å²) in [6.07, 6.45) is 0.736. The predicted molar refractivity (Wildman–Crippen MR) is 69.7 cm³/mol. The third-order valence-corrected chi connectivity index (χ3v) is 5.03. The number of rotatable bonds is 3. The molecule has 1 N–H and O–H groups in total. The number of carbonyl (C=O) groups is 1. The van der Waals surface area contributed by atoms with Crippen LogP contribution in [0.1, 0.15) is 31.2 Å². The molecule has 3 unspecified atom stereocenters. The number of aliphatic carboxylic acids is 1. The van der Waals surface area contributed by atoms with Crippen LogP contribution in [0.25, 0.3) is 0 Å². The largest absolute Gasteiger partial charge is 0.481 e. The Morgan fingerprint density at radius 3 is 2.82 bits per heavy atom. The summed E-state index contributed by atoms with van der Waals surface area (Å²) in [5.74, 6) is -0.927. The fourth-order valence-corrected chi connectivity index (χ4v) is 3.69. The van der Waals surface area contributed by atoms with Gasteiger partial charge >= 0.3 is 5.97 Å². The Hall–Kier alpha value is -0.580. The summed E-state index contributed by atoms with van der Waals surface area (Å²) in [5, 5.41) is 9.11. The van der Waals surface area contributed by atoms with Gasteiger partial charge < -0.3 is 5.11 Å². The minimum Gasteiger partial charge on any atom is -0.481 e. The average molecular weight is 274 g/mol. The highest BCUT2D eigenvalue weighted by molar-refractivity contribution is 7.16. The van der Waals surface area contributed by atoms with Crippen molar-refractivity contribution < 1.29 is 9.90 Å². The van der Waals surface area contributed by atoms with Crippen molar-refractivity contribution in [1.82, 2.24) is 4.90 Å². The lowest BCUT2D eigenvalue weighted by atomic mass is 10.0. The number of carboxylic acid groups (broad SMARTS) is 1. The summed E-state index contributed by atoms with van der Waals surface area (Å²) < 4.78 is 0.786. The van der Waals surface area contributed by atoms with Gasteiger partial charge in [0, 0.05) is 17.0 Å². The van der Waals surface area contributed by atoms with E-state index in [9.17, 15) is 4.79 Å². The highest BCUT2D eigenvalue weighted by Crippen LogP contribution is 2.36. The molecule has 1 aromatic rings. The molecule has 1 aliphatic rings. The van der Waals surface area contributed by atoms with Gasteiger partial charge in [0.2, 0.25) is 0 Å². The Balaban J connectivity index is 2.11. The third kappa shape index (κ3) is 2.49. The van der Waals surface area contributed by atoms with E-state index >= 15 is 0 Å². The first-order valence-electron chi connectivity index (χ1n) is 5.74. The summed E-state index contributed by atoms with van der Waals surface area (Å²) in [6, 6.07) is 4.25. The second kappa shape index (κ2) is 4.96. The maximum atomic E-state index is 11.1. The highest BCUT2D eigenvalue weighted by Gasteiger charge is 2.38. The van der Waals surface area contributed by atoms with Crippen molar-refractivity contribution >= 4 is 28.9 Å². The van der Waals surface area contributed by atoms with Gasteiger partial charge in [-0.25, -0.2) is 0 Å². The van der Waals surface area contributed by atoms with Crippen LogP contribution >= 0.6 is 22.9 Å². The molecule has 2 rings (SSSR count). The first kappa shape index (κ1) is 12.9. The van der Waals surface area contributed by atoms with E-state index in [1.165, 1.54) is 4.88 Å². The van der Waals surface area contributed by atoms with E-state index < -0.39 is 5.97 Å². The van der Waals surface area contributed by atoms with E-state index in [0.29, 0.717) is 0 Å². The number of thiophene rings is 1. The molecule has 1 aliphatic heterocycles. The maximum Gasteiger partial charge on any atom is 0.308 e. The Kier molecular flexibility index (Phi) is 3.76. The molecular formula is C12H16ClNO2S. The Morgan fingerprint density at radius 2 is 2.35 bits per heavy atom. The van der Waals surface area contributed by atoms with Gasteiger partial charge in [-0.2, -0.15) is 0 Å². The van der Waals surface area contributed by atoms with Crippen molar-refractivity contribution in [3.8, 4) is 0 Å². The minimum atomic E-state index is -0.684. The second-order valence-corrected chi connectivity index (χ2v) is 6.28. The number of hydrogen-bond donors (Lipinski definition) is 1. The zero-order chi connectivity index (χ0) is 12.6. The summed E-state index contributed by atoms with van der Waals surface area (Å²) in [6.45, 7) is 4.95. The van der Waals surface area contributed by atoms with Gasteiger partial charge in [-0.05, 0) is 38.9 Å². The molecule has 1 fully saturated rings. The molecule has 0 aliphatic carbocycles. The molecule has 1 aromatic heterocycles. The van der Waals surface area contributed by atoms with E-state index in [4.69, 9.17) is 16.7 Å². The molecule has 0 aromatic carbocycles. The molecule has 0 spiro atoms. The average Bonchev–Trinajstić information content (AvgIpc) is 2.83. The number of likely N-dealkylation sites (tertiary alicyclic amines) is 1. The van der Waals surface area contributed by atoms with Gasteiger partial charge in [0.05, 0.1) is 10.3 Å². The molecule has 1 saturated heterocycles. The zero-order valence-corrected chi connectivity index (χ0v) is 11.5. The van der Waals surface area contributed by atoms with Crippen LogP contribution < -0.4 is 0 Å². The van der Waals surface area contributed by atoms with Gasteiger partial charge in [0.25, 0.3) is 0 Å². The van der Waals surface area contributed by atoms with Crippen molar-refractivity contribution in [3.63, 3.8) is 0 Å². The van der Waals surface area contributed by atoms with Gasteiger partial charge in [0.1, 0.15) is 0 Å². The van der Waals surface area contributed by atoms with Gasteiger partial charge in [-0.15, -0.1) is 11.3 Å². The molecule has 0 bridgehead atoms. The van der Waals surface area contributed by atoms with Crippen LogP contribution in [0.4, 0.5) is 0 Å². The monoisotopic (exact) mass is 273 g/mol. The molecular weight excluding hydrogens is 258 g/mol. The number of nitrogens with zero attached hydrogens (tertiary/aromatic N) is 1. The van der Waals surface area contributed by atoms with E-state index in [1.807, 2.05) is 19.1 Å². The van der Waals surface area contributed by atoms with Gasteiger partial charge in [-0.3, -0.25) is 9.69 Å². The zero-order valence-electron chi connectivity index (χ0n) is 9.89. The molecule has 2 heterocycles. The Morgan fingerprint density at radius 1 is 1.65 bits per heavy atom. The summed E-state index contributed by atoms with van der Waals surface area (Å²) in [5.41, 5.74) is 0. The van der Waals surface area contributed by atoms with E-state index in [-0.39, 0.29) is 18.0 Å². The Labute approximate surface area is 110 Å². The van der Waals surface area contributed by atoms with Crippen molar-refractivity contribution in [2.75, 3.05) is 6.54 Å². The van der Waals surface area contributed by atoms with E-state index in [0.717, 1.165) is 17.3 Å². The molecule has 5 heteroatoms. The van der Waals surface area contributed by atoms with Crippen LogP contribution in [0.15, 0.2) is 12.1 Å². The quantitative estimate of drug-likeness (QED) is 0.919. The Bertz CT molecular complexity index is 420. The lowest BCUT2D eigenvalue weighted by Gasteiger charge is -2.28. The molecule has 94 valence electrons. The third-order valence-electron chi connectivity index (χ3n) is 3.62. The molecule has 0 radical (unpaired) electrons. The van der Waals surface area contributed by atoms with Crippen LogP contribution in [-0.4, -0.2) is 28.6 Å².